The minimum atomic E-state index is 0.601. The van der Waals surface area contributed by atoms with E-state index < -0.39 is 0 Å². The van der Waals surface area contributed by atoms with Gasteiger partial charge in [0.25, 0.3) is 0 Å². The fourth-order valence-electron chi connectivity index (χ4n) is 2.05. The van der Waals surface area contributed by atoms with Crippen molar-refractivity contribution in [1.82, 2.24) is 0 Å². The van der Waals surface area contributed by atoms with Crippen LogP contribution in [0, 0.1) is 5.92 Å². The average Bonchev–Trinajstić information content (AvgIpc) is 3.11. The van der Waals surface area contributed by atoms with Crippen molar-refractivity contribution in [3.05, 3.63) is 29.8 Å². The molecular weight excluding hydrogens is 198 g/mol. The average molecular weight is 219 g/mol. The molecule has 0 aromatic heterocycles. The summed E-state index contributed by atoms with van der Waals surface area (Å²) in [5.41, 5.74) is 2.64. The topological polar surface area (TPSA) is 21.3 Å². The van der Waals surface area contributed by atoms with Crippen molar-refractivity contribution in [2.45, 2.75) is 32.2 Å². The van der Waals surface area contributed by atoms with Crippen LogP contribution in [0.2, 0.25) is 0 Å². The standard InChI is InChI=1S/C14H21NO/c1-11(12-7-8-12)15-14-6-4-3-5-13(14)9-10-16-2/h3-6,11-12,15H,7-10H2,1-2H3. The zero-order valence-electron chi connectivity index (χ0n) is 10.2. The molecule has 1 N–H and O–H groups in total. The van der Waals surface area contributed by atoms with Gasteiger partial charge < -0.3 is 10.1 Å². The highest BCUT2D eigenvalue weighted by molar-refractivity contribution is 5.52. The number of methoxy groups -OCH3 is 1. The summed E-state index contributed by atoms with van der Waals surface area (Å²) in [5.74, 6) is 0.885. The molecule has 88 valence electrons. The molecule has 0 saturated heterocycles. The van der Waals surface area contributed by atoms with E-state index in [-0.39, 0.29) is 0 Å². The van der Waals surface area contributed by atoms with Crippen LogP contribution in [0.5, 0.6) is 0 Å². The summed E-state index contributed by atoms with van der Waals surface area (Å²) in [6.45, 7) is 3.07. The number of para-hydroxylation sites is 1. The van der Waals surface area contributed by atoms with Gasteiger partial charge in [0.15, 0.2) is 0 Å². The van der Waals surface area contributed by atoms with Crippen LogP contribution in [0.15, 0.2) is 24.3 Å². The second-order valence-electron chi connectivity index (χ2n) is 4.67. The fraction of sp³-hybridized carbons (Fsp3) is 0.571. The third kappa shape index (κ3) is 2.99. The molecule has 16 heavy (non-hydrogen) atoms. The van der Waals surface area contributed by atoms with Gasteiger partial charge in [-0.25, -0.2) is 0 Å². The van der Waals surface area contributed by atoms with Crippen molar-refractivity contribution in [3.63, 3.8) is 0 Å². The molecular formula is C14H21NO. The van der Waals surface area contributed by atoms with E-state index in [1.807, 2.05) is 0 Å². The van der Waals surface area contributed by atoms with Crippen LogP contribution in [0.25, 0.3) is 0 Å². The highest BCUT2D eigenvalue weighted by Gasteiger charge is 2.27. The molecule has 0 spiro atoms. The molecule has 1 aliphatic carbocycles. The molecule has 1 saturated carbocycles. The molecule has 0 bridgehead atoms. The zero-order valence-corrected chi connectivity index (χ0v) is 10.2. The van der Waals surface area contributed by atoms with Gasteiger partial charge in [0, 0.05) is 18.8 Å². The molecule has 0 amide bonds. The SMILES string of the molecule is COCCc1ccccc1NC(C)C1CC1. The van der Waals surface area contributed by atoms with Gasteiger partial charge in [-0.1, -0.05) is 18.2 Å². The van der Waals surface area contributed by atoms with Crippen LogP contribution in [0.3, 0.4) is 0 Å². The minimum Gasteiger partial charge on any atom is -0.384 e. The fourth-order valence-corrected chi connectivity index (χ4v) is 2.05. The predicted octanol–water partition coefficient (Wildman–Crippen LogP) is 3.09. The molecule has 1 aromatic carbocycles. The van der Waals surface area contributed by atoms with E-state index in [1.165, 1.54) is 24.1 Å². The smallest absolute Gasteiger partial charge is 0.0503 e. The second kappa shape index (κ2) is 5.35. The van der Waals surface area contributed by atoms with Crippen LogP contribution in [0.1, 0.15) is 25.3 Å². The van der Waals surface area contributed by atoms with Gasteiger partial charge in [-0.15, -0.1) is 0 Å². The summed E-state index contributed by atoms with van der Waals surface area (Å²) in [5, 5.41) is 3.63. The first-order valence-corrected chi connectivity index (χ1v) is 6.14. The largest absolute Gasteiger partial charge is 0.384 e. The van der Waals surface area contributed by atoms with E-state index in [1.54, 1.807) is 7.11 Å². The van der Waals surface area contributed by atoms with Crippen LogP contribution >= 0.6 is 0 Å². The lowest BCUT2D eigenvalue weighted by Gasteiger charge is -2.17. The van der Waals surface area contributed by atoms with Crippen molar-refractivity contribution in [2.24, 2.45) is 5.92 Å². The van der Waals surface area contributed by atoms with Gasteiger partial charge in [0.05, 0.1) is 6.61 Å². The summed E-state index contributed by atoms with van der Waals surface area (Å²) < 4.78 is 5.14. The molecule has 1 atom stereocenters. The van der Waals surface area contributed by atoms with E-state index in [2.05, 4.69) is 36.5 Å². The zero-order chi connectivity index (χ0) is 11.4. The molecule has 1 unspecified atom stereocenters. The molecule has 1 fully saturated rings. The highest BCUT2D eigenvalue weighted by Crippen LogP contribution is 2.34. The first-order valence-electron chi connectivity index (χ1n) is 6.14. The third-order valence-corrected chi connectivity index (χ3v) is 3.31. The summed E-state index contributed by atoms with van der Waals surface area (Å²) >= 11 is 0. The summed E-state index contributed by atoms with van der Waals surface area (Å²) in [6.07, 6.45) is 3.75. The Labute approximate surface area is 98.0 Å². The molecule has 2 nitrogen and oxygen atoms in total. The van der Waals surface area contributed by atoms with Crippen molar-refractivity contribution < 1.29 is 4.74 Å². The summed E-state index contributed by atoms with van der Waals surface area (Å²) in [6, 6.07) is 9.14. The van der Waals surface area contributed by atoms with E-state index in [4.69, 9.17) is 4.74 Å². The lowest BCUT2D eigenvalue weighted by molar-refractivity contribution is 0.202. The molecule has 2 heteroatoms. The molecule has 0 radical (unpaired) electrons. The number of hydrogen-bond donors (Lipinski definition) is 1. The molecule has 1 aliphatic rings. The monoisotopic (exact) mass is 219 g/mol. The number of ether oxygens (including phenoxy) is 1. The first kappa shape index (κ1) is 11.5. The molecule has 2 rings (SSSR count). The van der Waals surface area contributed by atoms with Gasteiger partial charge >= 0.3 is 0 Å². The molecule has 0 aliphatic heterocycles. The number of nitrogens with one attached hydrogen (secondary N) is 1. The Bertz CT molecular complexity index is 333. The molecule has 1 aromatic rings. The Kier molecular flexibility index (Phi) is 3.83. The van der Waals surface area contributed by atoms with Crippen LogP contribution in [-0.4, -0.2) is 19.8 Å². The number of rotatable bonds is 6. The quantitative estimate of drug-likeness (QED) is 0.794. The van der Waals surface area contributed by atoms with E-state index in [0.717, 1.165) is 18.9 Å². The van der Waals surface area contributed by atoms with E-state index in [9.17, 15) is 0 Å². The number of benzene rings is 1. The van der Waals surface area contributed by atoms with Crippen LogP contribution in [-0.2, 0) is 11.2 Å². The maximum atomic E-state index is 5.14. The maximum Gasteiger partial charge on any atom is 0.0503 e. The number of hydrogen-bond acceptors (Lipinski definition) is 2. The lowest BCUT2D eigenvalue weighted by Crippen LogP contribution is -2.18. The van der Waals surface area contributed by atoms with Gasteiger partial charge in [-0.05, 0) is 43.7 Å². The predicted molar refractivity (Wildman–Crippen MR) is 67.8 cm³/mol. The van der Waals surface area contributed by atoms with Gasteiger partial charge in [0.1, 0.15) is 0 Å². The Morgan fingerprint density at radius 1 is 1.38 bits per heavy atom. The van der Waals surface area contributed by atoms with Crippen LogP contribution < -0.4 is 5.32 Å². The lowest BCUT2D eigenvalue weighted by atomic mass is 10.1. The minimum absolute atomic E-state index is 0.601. The maximum absolute atomic E-state index is 5.14. The Balaban J connectivity index is 2.00. The van der Waals surface area contributed by atoms with Crippen molar-refractivity contribution in [1.29, 1.82) is 0 Å². The second-order valence-corrected chi connectivity index (χ2v) is 4.67. The van der Waals surface area contributed by atoms with Gasteiger partial charge in [-0.2, -0.15) is 0 Å². The summed E-state index contributed by atoms with van der Waals surface area (Å²) in [4.78, 5) is 0. The van der Waals surface area contributed by atoms with Crippen molar-refractivity contribution in [3.8, 4) is 0 Å². The Morgan fingerprint density at radius 2 is 2.12 bits per heavy atom. The first-order chi connectivity index (χ1) is 7.81. The Morgan fingerprint density at radius 3 is 2.81 bits per heavy atom. The van der Waals surface area contributed by atoms with E-state index >= 15 is 0 Å². The van der Waals surface area contributed by atoms with Crippen molar-refractivity contribution >= 4 is 5.69 Å². The molecule has 0 heterocycles. The van der Waals surface area contributed by atoms with Gasteiger partial charge in [-0.3, -0.25) is 0 Å². The Hall–Kier alpha value is -1.02. The van der Waals surface area contributed by atoms with E-state index in [0.29, 0.717) is 6.04 Å². The van der Waals surface area contributed by atoms with Gasteiger partial charge in [0.2, 0.25) is 0 Å². The van der Waals surface area contributed by atoms with Crippen molar-refractivity contribution in [2.75, 3.05) is 19.0 Å². The normalized spacial score (nSPS) is 17.1. The summed E-state index contributed by atoms with van der Waals surface area (Å²) in [7, 11) is 1.75. The highest BCUT2D eigenvalue weighted by atomic mass is 16.5. The van der Waals surface area contributed by atoms with Crippen LogP contribution in [0.4, 0.5) is 5.69 Å². The third-order valence-electron chi connectivity index (χ3n) is 3.31. The number of anilines is 1.